The van der Waals surface area contributed by atoms with Gasteiger partial charge in [-0.2, -0.15) is 0 Å². The van der Waals surface area contributed by atoms with Crippen molar-refractivity contribution in [3.63, 3.8) is 0 Å². The number of carbonyl (C=O) groups is 2. The normalized spacial score (nSPS) is 16.6. The molecular formula is C20H21ClN2O3. The third-order valence-electron chi connectivity index (χ3n) is 4.37. The maximum absolute atomic E-state index is 12.4. The van der Waals surface area contributed by atoms with Crippen LogP contribution >= 0.6 is 11.6 Å². The Morgan fingerprint density at radius 2 is 1.96 bits per heavy atom. The Hall–Kier alpha value is -2.53. The van der Waals surface area contributed by atoms with E-state index in [-0.39, 0.29) is 24.2 Å². The Morgan fingerprint density at radius 1 is 1.23 bits per heavy atom. The van der Waals surface area contributed by atoms with Gasteiger partial charge in [0.1, 0.15) is 5.75 Å². The third-order valence-corrected chi connectivity index (χ3v) is 4.73. The summed E-state index contributed by atoms with van der Waals surface area (Å²) in [5, 5.41) is 3.49. The van der Waals surface area contributed by atoms with Gasteiger partial charge < -0.3 is 15.0 Å². The third kappa shape index (κ3) is 4.17. The van der Waals surface area contributed by atoms with Crippen molar-refractivity contribution in [2.24, 2.45) is 5.92 Å². The highest BCUT2D eigenvalue weighted by atomic mass is 35.5. The van der Waals surface area contributed by atoms with Crippen LogP contribution in [-0.4, -0.2) is 25.0 Å². The Bertz CT molecular complexity index is 792. The number of amides is 2. The van der Waals surface area contributed by atoms with Crippen molar-refractivity contribution in [1.82, 2.24) is 5.32 Å². The summed E-state index contributed by atoms with van der Waals surface area (Å²) in [6.45, 7) is 3.24. The van der Waals surface area contributed by atoms with Gasteiger partial charge in [-0.3, -0.25) is 9.59 Å². The average molecular weight is 373 g/mol. The first-order valence-corrected chi connectivity index (χ1v) is 9.00. The van der Waals surface area contributed by atoms with Gasteiger partial charge in [0.2, 0.25) is 11.8 Å². The van der Waals surface area contributed by atoms with E-state index in [0.29, 0.717) is 24.7 Å². The molecule has 1 aliphatic rings. The largest absolute Gasteiger partial charge is 0.494 e. The second-order valence-corrected chi connectivity index (χ2v) is 6.55. The first kappa shape index (κ1) is 18.3. The van der Waals surface area contributed by atoms with Crippen LogP contribution in [0.4, 0.5) is 5.69 Å². The fourth-order valence-corrected chi connectivity index (χ4v) is 3.19. The van der Waals surface area contributed by atoms with Gasteiger partial charge in [-0.05, 0) is 42.8 Å². The molecule has 1 heterocycles. The smallest absolute Gasteiger partial charge is 0.227 e. The SMILES string of the molecule is CCOc1ccc(N2C[C@@H](C(=O)NCc3ccccc3Cl)CC2=O)cc1. The molecular weight excluding hydrogens is 352 g/mol. The lowest BCUT2D eigenvalue weighted by atomic mass is 10.1. The highest BCUT2D eigenvalue weighted by Crippen LogP contribution is 2.27. The Kier molecular flexibility index (Phi) is 5.78. The quantitative estimate of drug-likeness (QED) is 0.845. The number of hydrogen-bond donors (Lipinski definition) is 1. The van der Waals surface area contributed by atoms with Crippen molar-refractivity contribution < 1.29 is 14.3 Å². The molecule has 2 aromatic carbocycles. The van der Waals surface area contributed by atoms with E-state index in [0.717, 1.165) is 17.0 Å². The fourth-order valence-electron chi connectivity index (χ4n) is 2.99. The number of benzene rings is 2. The molecule has 1 fully saturated rings. The van der Waals surface area contributed by atoms with E-state index in [1.54, 1.807) is 11.0 Å². The lowest BCUT2D eigenvalue weighted by Crippen LogP contribution is -2.32. The summed E-state index contributed by atoms with van der Waals surface area (Å²) in [6, 6.07) is 14.7. The number of nitrogens with one attached hydrogen (secondary N) is 1. The van der Waals surface area contributed by atoms with Gasteiger partial charge in [0, 0.05) is 30.2 Å². The second-order valence-electron chi connectivity index (χ2n) is 6.14. The molecule has 3 rings (SSSR count). The van der Waals surface area contributed by atoms with Crippen molar-refractivity contribution in [2.75, 3.05) is 18.1 Å². The van der Waals surface area contributed by atoms with Gasteiger partial charge in [-0.1, -0.05) is 29.8 Å². The maximum atomic E-state index is 12.4. The minimum Gasteiger partial charge on any atom is -0.494 e. The number of rotatable bonds is 6. The van der Waals surface area contributed by atoms with E-state index in [2.05, 4.69) is 5.32 Å². The number of hydrogen-bond acceptors (Lipinski definition) is 3. The summed E-state index contributed by atoms with van der Waals surface area (Å²) >= 11 is 6.11. The maximum Gasteiger partial charge on any atom is 0.227 e. The molecule has 1 atom stereocenters. The molecule has 1 aliphatic heterocycles. The molecule has 5 nitrogen and oxygen atoms in total. The lowest BCUT2D eigenvalue weighted by molar-refractivity contribution is -0.126. The summed E-state index contributed by atoms with van der Waals surface area (Å²) in [7, 11) is 0. The van der Waals surface area contributed by atoms with Gasteiger partial charge in [0.25, 0.3) is 0 Å². The van der Waals surface area contributed by atoms with Gasteiger partial charge in [-0.25, -0.2) is 0 Å². The number of carbonyl (C=O) groups excluding carboxylic acids is 2. The molecule has 0 unspecified atom stereocenters. The van der Waals surface area contributed by atoms with E-state index in [1.807, 2.05) is 49.4 Å². The molecule has 6 heteroatoms. The molecule has 2 amide bonds. The van der Waals surface area contributed by atoms with Crippen LogP contribution in [-0.2, 0) is 16.1 Å². The summed E-state index contributed by atoms with van der Waals surface area (Å²) in [4.78, 5) is 26.4. The van der Waals surface area contributed by atoms with E-state index in [4.69, 9.17) is 16.3 Å². The Balaban J connectivity index is 1.60. The van der Waals surface area contributed by atoms with Gasteiger partial charge in [0.05, 0.1) is 12.5 Å². The Labute approximate surface area is 157 Å². The molecule has 0 radical (unpaired) electrons. The minimum atomic E-state index is -0.364. The van der Waals surface area contributed by atoms with Crippen molar-refractivity contribution in [3.8, 4) is 5.75 Å². The first-order chi connectivity index (χ1) is 12.6. The van der Waals surface area contributed by atoms with Crippen molar-refractivity contribution >= 4 is 29.1 Å². The van der Waals surface area contributed by atoms with E-state index >= 15 is 0 Å². The number of anilines is 1. The zero-order valence-electron chi connectivity index (χ0n) is 14.6. The molecule has 0 spiro atoms. The molecule has 26 heavy (non-hydrogen) atoms. The number of halogens is 1. The summed E-state index contributed by atoms with van der Waals surface area (Å²) in [5.41, 5.74) is 1.63. The molecule has 0 saturated carbocycles. The highest BCUT2D eigenvalue weighted by molar-refractivity contribution is 6.31. The van der Waals surface area contributed by atoms with Crippen molar-refractivity contribution in [3.05, 3.63) is 59.1 Å². The standard InChI is InChI=1S/C20H21ClN2O3/c1-2-26-17-9-7-16(8-10-17)23-13-15(11-19(23)24)20(25)22-12-14-5-3-4-6-18(14)21/h3-10,15H,2,11-13H2,1H3,(H,22,25)/t15-/m0/s1. The average Bonchev–Trinajstić information content (AvgIpc) is 3.03. The van der Waals surface area contributed by atoms with Crippen LogP contribution in [0.15, 0.2) is 48.5 Å². The topological polar surface area (TPSA) is 58.6 Å². The monoisotopic (exact) mass is 372 g/mol. The molecule has 1 saturated heterocycles. The lowest BCUT2D eigenvalue weighted by Gasteiger charge is -2.17. The van der Waals surface area contributed by atoms with Crippen LogP contribution in [0.5, 0.6) is 5.75 Å². The summed E-state index contributed by atoms with van der Waals surface area (Å²) in [5.74, 6) is 0.215. The molecule has 136 valence electrons. The predicted octanol–water partition coefficient (Wildman–Crippen LogP) is 3.41. The highest BCUT2D eigenvalue weighted by Gasteiger charge is 2.35. The van der Waals surface area contributed by atoms with Gasteiger partial charge in [-0.15, -0.1) is 0 Å². The van der Waals surface area contributed by atoms with E-state index in [9.17, 15) is 9.59 Å². The number of ether oxygens (including phenoxy) is 1. The minimum absolute atomic E-state index is 0.0490. The molecule has 0 aliphatic carbocycles. The fraction of sp³-hybridized carbons (Fsp3) is 0.300. The molecule has 0 aromatic heterocycles. The van der Waals surface area contributed by atoms with Crippen LogP contribution in [0, 0.1) is 5.92 Å². The number of nitrogens with zero attached hydrogens (tertiary/aromatic N) is 1. The van der Waals surface area contributed by atoms with Crippen LogP contribution in [0.25, 0.3) is 0 Å². The zero-order valence-corrected chi connectivity index (χ0v) is 15.3. The molecule has 1 N–H and O–H groups in total. The predicted molar refractivity (Wildman–Crippen MR) is 101 cm³/mol. The van der Waals surface area contributed by atoms with Crippen LogP contribution in [0.1, 0.15) is 18.9 Å². The molecule has 2 aromatic rings. The van der Waals surface area contributed by atoms with Crippen LogP contribution in [0.2, 0.25) is 5.02 Å². The van der Waals surface area contributed by atoms with Crippen molar-refractivity contribution in [1.29, 1.82) is 0 Å². The van der Waals surface area contributed by atoms with E-state index < -0.39 is 0 Å². The van der Waals surface area contributed by atoms with Gasteiger partial charge >= 0.3 is 0 Å². The van der Waals surface area contributed by atoms with Crippen LogP contribution in [0.3, 0.4) is 0 Å². The van der Waals surface area contributed by atoms with Gasteiger partial charge in [0.15, 0.2) is 0 Å². The van der Waals surface area contributed by atoms with E-state index in [1.165, 1.54) is 0 Å². The zero-order chi connectivity index (χ0) is 18.5. The summed E-state index contributed by atoms with van der Waals surface area (Å²) < 4.78 is 5.41. The first-order valence-electron chi connectivity index (χ1n) is 8.63. The van der Waals surface area contributed by atoms with Crippen molar-refractivity contribution in [2.45, 2.75) is 19.9 Å². The second kappa shape index (κ2) is 8.23. The van der Waals surface area contributed by atoms with Crippen LogP contribution < -0.4 is 15.0 Å². The summed E-state index contributed by atoms with van der Waals surface area (Å²) in [6.07, 6.45) is 0.210. The Morgan fingerprint density at radius 3 is 2.65 bits per heavy atom. The molecule has 0 bridgehead atoms.